The van der Waals surface area contributed by atoms with Gasteiger partial charge in [-0.25, -0.2) is 9.59 Å². The Labute approximate surface area is 165 Å². The number of ether oxygens (including phenoxy) is 2. The summed E-state index contributed by atoms with van der Waals surface area (Å²) >= 11 is 0. The summed E-state index contributed by atoms with van der Waals surface area (Å²) in [7, 11) is 0. The molecule has 1 fully saturated rings. The van der Waals surface area contributed by atoms with Gasteiger partial charge in [0.25, 0.3) is 0 Å². The first-order valence-electron chi connectivity index (χ1n) is 9.62. The van der Waals surface area contributed by atoms with Crippen LogP contribution in [0, 0.1) is 0 Å². The number of likely N-dealkylation sites (tertiary alicyclic amines) is 1. The Bertz CT molecular complexity index is 893. The highest BCUT2D eigenvalue weighted by Crippen LogP contribution is 2.26. The standard InChI is InChI=1S/C22H27NO5/c1-5-26-20(24)18-14-27-19-7-6-16(13-17(18)19)12-15-8-10-23(11-9-15)21(25)28-22(2,3)4/h6-7,12-14H,5,8-11H2,1-4H3. The molecule has 1 saturated heterocycles. The maximum atomic E-state index is 12.2. The van der Waals surface area contributed by atoms with Gasteiger partial charge >= 0.3 is 12.1 Å². The smallest absolute Gasteiger partial charge is 0.410 e. The van der Waals surface area contributed by atoms with E-state index < -0.39 is 5.60 Å². The number of carbonyl (C=O) groups excluding carboxylic acids is 2. The number of hydrogen-bond donors (Lipinski definition) is 0. The van der Waals surface area contributed by atoms with Gasteiger partial charge in [-0.15, -0.1) is 0 Å². The number of benzene rings is 1. The number of furan rings is 1. The number of hydrogen-bond acceptors (Lipinski definition) is 5. The van der Waals surface area contributed by atoms with E-state index in [1.54, 1.807) is 11.8 Å². The van der Waals surface area contributed by atoms with Crippen LogP contribution in [0.15, 0.2) is 34.5 Å². The second kappa shape index (κ2) is 8.09. The highest BCUT2D eigenvalue weighted by atomic mass is 16.6. The van der Waals surface area contributed by atoms with Crippen LogP contribution in [-0.2, 0) is 9.47 Å². The van der Waals surface area contributed by atoms with E-state index >= 15 is 0 Å². The second-order valence-corrected chi connectivity index (χ2v) is 7.90. The molecule has 0 radical (unpaired) electrons. The highest BCUT2D eigenvalue weighted by Gasteiger charge is 2.24. The summed E-state index contributed by atoms with van der Waals surface area (Å²) in [5.41, 5.74) is 2.88. The molecule has 0 unspecified atom stereocenters. The molecule has 0 aliphatic carbocycles. The Balaban J connectivity index is 1.71. The molecule has 0 N–H and O–H groups in total. The molecule has 28 heavy (non-hydrogen) atoms. The topological polar surface area (TPSA) is 69.0 Å². The van der Waals surface area contributed by atoms with Gasteiger partial charge < -0.3 is 18.8 Å². The largest absolute Gasteiger partial charge is 0.463 e. The van der Waals surface area contributed by atoms with Gasteiger partial charge in [0.15, 0.2) is 0 Å². The van der Waals surface area contributed by atoms with Crippen molar-refractivity contribution in [3.8, 4) is 0 Å². The summed E-state index contributed by atoms with van der Waals surface area (Å²) in [6.07, 6.45) is 4.90. The normalized spacial score (nSPS) is 14.9. The fraction of sp³-hybridized carbons (Fsp3) is 0.455. The van der Waals surface area contributed by atoms with E-state index in [1.165, 1.54) is 11.8 Å². The predicted molar refractivity (Wildman–Crippen MR) is 107 cm³/mol. The number of nitrogens with zero attached hydrogens (tertiary/aromatic N) is 1. The first kappa shape index (κ1) is 20.0. The number of piperidine rings is 1. The lowest BCUT2D eigenvalue weighted by atomic mass is 10.00. The number of carbonyl (C=O) groups is 2. The minimum Gasteiger partial charge on any atom is -0.463 e. The van der Waals surface area contributed by atoms with Crippen LogP contribution in [0.4, 0.5) is 4.79 Å². The van der Waals surface area contributed by atoms with E-state index in [0.29, 0.717) is 30.8 Å². The van der Waals surface area contributed by atoms with Crippen molar-refractivity contribution in [1.29, 1.82) is 0 Å². The van der Waals surface area contributed by atoms with E-state index in [2.05, 4.69) is 6.08 Å². The highest BCUT2D eigenvalue weighted by molar-refractivity contribution is 6.03. The van der Waals surface area contributed by atoms with Gasteiger partial charge in [-0.3, -0.25) is 0 Å². The van der Waals surface area contributed by atoms with Crippen LogP contribution in [-0.4, -0.2) is 42.3 Å². The third-order valence-corrected chi connectivity index (χ3v) is 4.52. The molecule has 1 aliphatic heterocycles. The Morgan fingerprint density at radius 1 is 1.21 bits per heavy atom. The van der Waals surface area contributed by atoms with Crippen molar-refractivity contribution in [2.24, 2.45) is 0 Å². The average molecular weight is 385 g/mol. The first-order valence-corrected chi connectivity index (χ1v) is 9.62. The molecule has 2 heterocycles. The predicted octanol–water partition coefficient (Wildman–Crippen LogP) is 5.02. The van der Waals surface area contributed by atoms with Crippen molar-refractivity contribution in [1.82, 2.24) is 4.90 Å². The van der Waals surface area contributed by atoms with Crippen molar-refractivity contribution in [2.75, 3.05) is 19.7 Å². The summed E-state index contributed by atoms with van der Waals surface area (Å²) in [5.74, 6) is -0.378. The molecule has 0 spiro atoms. The van der Waals surface area contributed by atoms with Crippen LogP contribution in [0.1, 0.15) is 56.5 Å². The van der Waals surface area contributed by atoms with Crippen molar-refractivity contribution in [2.45, 2.75) is 46.1 Å². The van der Waals surface area contributed by atoms with Gasteiger partial charge in [-0.1, -0.05) is 17.7 Å². The Hall–Kier alpha value is -2.76. The van der Waals surface area contributed by atoms with Gasteiger partial charge in [-0.05, 0) is 58.2 Å². The Morgan fingerprint density at radius 2 is 1.93 bits per heavy atom. The first-order chi connectivity index (χ1) is 13.3. The third kappa shape index (κ3) is 4.74. The molecule has 1 aromatic heterocycles. The lowest BCUT2D eigenvalue weighted by Crippen LogP contribution is -2.40. The van der Waals surface area contributed by atoms with Gasteiger partial charge in [0.1, 0.15) is 23.0 Å². The van der Waals surface area contributed by atoms with Crippen LogP contribution in [0.3, 0.4) is 0 Å². The SMILES string of the molecule is CCOC(=O)c1coc2ccc(C=C3CCN(C(=O)OC(C)(C)C)CC3)cc12. The monoisotopic (exact) mass is 385 g/mol. The number of rotatable bonds is 3. The summed E-state index contributed by atoms with van der Waals surface area (Å²) in [4.78, 5) is 26.0. The molecule has 150 valence electrons. The van der Waals surface area contributed by atoms with Gasteiger partial charge in [0, 0.05) is 18.5 Å². The maximum Gasteiger partial charge on any atom is 0.410 e. The van der Waals surface area contributed by atoms with Crippen molar-refractivity contribution < 1.29 is 23.5 Å². The Kier molecular flexibility index (Phi) is 5.77. The zero-order valence-corrected chi connectivity index (χ0v) is 16.9. The molecule has 3 rings (SSSR count). The average Bonchev–Trinajstić information content (AvgIpc) is 3.04. The van der Waals surface area contributed by atoms with Crippen LogP contribution < -0.4 is 0 Å². The van der Waals surface area contributed by atoms with Gasteiger partial charge in [0.2, 0.25) is 0 Å². The van der Waals surface area contributed by atoms with E-state index in [0.717, 1.165) is 23.8 Å². The lowest BCUT2D eigenvalue weighted by molar-refractivity contribution is 0.0236. The fourth-order valence-corrected chi connectivity index (χ4v) is 3.19. The number of esters is 1. The zero-order valence-electron chi connectivity index (χ0n) is 16.9. The zero-order chi connectivity index (χ0) is 20.3. The van der Waals surface area contributed by atoms with E-state index in [1.807, 2.05) is 39.0 Å². The molecule has 1 aliphatic rings. The van der Waals surface area contributed by atoms with Crippen LogP contribution in [0.25, 0.3) is 17.0 Å². The molecule has 0 saturated carbocycles. The quantitative estimate of drug-likeness (QED) is 0.694. The van der Waals surface area contributed by atoms with Crippen LogP contribution in [0.2, 0.25) is 0 Å². The van der Waals surface area contributed by atoms with Crippen molar-refractivity contribution in [3.05, 3.63) is 41.2 Å². The Morgan fingerprint density at radius 3 is 2.57 bits per heavy atom. The minimum atomic E-state index is -0.482. The van der Waals surface area contributed by atoms with Crippen molar-refractivity contribution >= 4 is 29.1 Å². The molecule has 1 aromatic carbocycles. The summed E-state index contributed by atoms with van der Waals surface area (Å²) < 4.78 is 16.0. The molecule has 6 nitrogen and oxygen atoms in total. The second-order valence-electron chi connectivity index (χ2n) is 7.90. The summed E-state index contributed by atoms with van der Waals surface area (Å²) in [6, 6.07) is 5.77. The number of fused-ring (bicyclic) bond motifs is 1. The van der Waals surface area contributed by atoms with Crippen LogP contribution >= 0.6 is 0 Å². The van der Waals surface area contributed by atoms with E-state index in [9.17, 15) is 9.59 Å². The van der Waals surface area contributed by atoms with E-state index in [4.69, 9.17) is 13.9 Å². The molecular weight excluding hydrogens is 358 g/mol. The summed E-state index contributed by atoms with van der Waals surface area (Å²) in [5, 5.41) is 0.749. The molecule has 1 amide bonds. The van der Waals surface area contributed by atoms with Crippen LogP contribution in [0.5, 0.6) is 0 Å². The summed E-state index contributed by atoms with van der Waals surface area (Å²) in [6.45, 7) is 9.00. The lowest BCUT2D eigenvalue weighted by Gasteiger charge is -2.31. The minimum absolute atomic E-state index is 0.259. The van der Waals surface area contributed by atoms with Crippen molar-refractivity contribution in [3.63, 3.8) is 0 Å². The third-order valence-electron chi connectivity index (χ3n) is 4.52. The molecule has 2 aromatic rings. The molecular formula is C22H27NO5. The maximum absolute atomic E-state index is 12.2. The molecule has 0 atom stereocenters. The fourth-order valence-electron chi connectivity index (χ4n) is 3.19. The van der Waals surface area contributed by atoms with Gasteiger partial charge in [0.05, 0.1) is 6.61 Å². The van der Waals surface area contributed by atoms with E-state index in [-0.39, 0.29) is 12.1 Å². The molecule has 0 bridgehead atoms. The van der Waals surface area contributed by atoms with Gasteiger partial charge in [-0.2, -0.15) is 0 Å². The molecule has 6 heteroatoms. The number of amides is 1.